The summed E-state index contributed by atoms with van der Waals surface area (Å²) in [6.45, 7) is 3.51. The molecule has 3 aromatic carbocycles. The summed E-state index contributed by atoms with van der Waals surface area (Å²) >= 11 is 0. The van der Waals surface area contributed by atoms with Crippen molar-refractivity contribution in [2.75, 3.05) is 6.54 Å². The van der Waals surface area contributed by atoms with Crippen LogP contribution in [0.3, 0.4) is 0 Å². The van der Waals surface area contributed by atoms with Crippen molar-refractivity contribution in [3.63, 3.8) is 0 Å². The van der Waals surface area contributed by atoms with E-state index >= 15 is 0 Å². The molecule has 0 radical (unpaired) electrons. The minimum Gasteiger partial charge on any atom is -0.435 e. The Morgan fingerprint density at radius 1 is 1.00 bits per heavy atom. The van der Waals surface area contributed by atoms with Gasteiger partial charge in [0.1, 0.15) is 23.2 Å². The van der Waals surface area contributed by atoms with Crippen molar-refractivity contribution in [2.24, 2.45) is 7.05 Å². The number of rotatable bonds is 7. The Morgan fingerprint density at radius 3 is 2.46 bits per heavy atom. The van der Waals surface area contributed by atoms with Crippen LogP contribution >= 0.6 is 0 Å². The van der Waals surface area contributed by atoms with Crippen LogP contribution in [0, 0.1) is 5.82 Å². The van der Waals surface area contributed by atoms with Gasteiger partial charge in [0.15, 0.2) is 11.4 Å². The van der Waals surface area contributed by atoms with Gasteiger partial charge in [-0.3, -0.25) is 0 Å². The number of hydrogen-bond donors (Lipinski definition) is 2. The first-order chi connectivity index (χ1) is 18.4. The Balaban J connectivity index is 1.56. The fraction of sp³-hybridized carbons (Fsp3) is 0.250. The third kappa shape index (κ3) is 5.69. The van der Waals surface area contributed by atoms with Crippen LogP contribution in [-0.2, 0) is 19.8 Å². The SMILES string of the molecule is Cn1cnnc1-c1cc(F)ccc1-c1cccc(-c2nc3cc(CNCC(C)(C)O)cc(C(F)(F)F)c3o2)c1. The van der Waals surface area contributed by atoms with Crippen LogP contribution in [0.15, 0.2) is 65.3 Å². The van der Waals surface area contributed by atoms with E-state index < -0.39 is 23.2 Å². The van der Waals surface area contributed by atoms with E-state index in [4.69, 9.17) is 4.42 Å². The summed E-state index contributed by atoms with van der Waals surface area (Å²) in [4.78, 5) is 4.38. The van der Waals surface area contributed by atoms with E-state index in [1.165, 1.54) is 24.5 Å². The number of nitrogens with one attached hydrogen (secondary N) is 1. The molecule has 0 spiro atoms. The minimum absolute atomic E-state index is 0.0151. The summed E-state index contributed by atoms with van der Waals surface area (Å²) in [5.41, 5.74) is 0.383. The Kier molecular flexibility index (Phi) is 6.73. The van der Waals surface area contributed by atoms with Crippen molar-refractivity contribution in [2.45, 2.75) is 32.2 Å². The number of aromatic nitrogens is 4. The number of benzene rings is 3. The molecule has 0 unspecified atom stereocenters. The van der Waals surface area contributed by atoms with E-state index in [2.05, 4.69) is 20.5 Å². The first kappa shape index (κ1) is 26.5. The number of aliphatic hydroxyl groups is 1. The summed E-state index contributed by atoms with van der Waals surface area (Å²) in [5.74, 6) is 0.0259. The summed E-state index contributed by atoms with van der Waals surface area (Å²) in [6, 6.07) is 13.8. The molecule has 0 bridgehead atoms. The van der Waals surface area contributed by atoms with Crippen LogP contribution in [0.4, 0.5) is 17.6 Å². The second-order valence-electron chi connectivity index (χ2n) is 9.96. The fourth-order valence-corrected chi connectivity index (χ4v) is 4.34. The van der Waals surface area contributed by atoms with Gasteiger partial charge < -0.3 is 19.4 Å². The zero-order chi connectivity index (χ0) is 27.9. The number of hydrogen-bond acceptors (Lipinski definition) is 6. The quantitative estimate of drug-likeness (QED) is 0.248. The van der Waals surface area contributed by atoms with E-state index in [0.717, 1.165) is 6.07 Å². The highest BCUT2D eigenvalue weighted by Crippen LogP contribution is 2.39. The van der Waals surface area contributed by atoms with E-state index in [9.17, 15) is 22.7 Å². The van der Waals surface area contributed by atoms with Crippen molar-refractivity contribution in [1.29, 1.82) is 0 Å². The number of nitrogens with zero attached hydrogens (tertiary/aromatic N) is 4. The Hall–Kier alpha value is -4.09. The zero-order valence-electron chi connectivity index (χ0n) is 21.3. The maximum atomic E-state index is 14.2. The third-order valence-corrected chi connectivity index (χ3v) is 6.10. The van der Waals surface area contributed by atoms with Crippen molar-refractivity contribution in [3.8, 4) is 34.0 Å². The van der Waals surface area contributed by atoms with Gasteiger partial charge >= 0.3 is 6.18 Å². The average molecular weight is 540 g/mol. The van der Waals surface area contributed by atoms with Gasteiger partial charge in [-0.15, -0.1) is 10.2 Å². The molecule has 0 atom stereocenters. The predicted octanol–water partition coefficient (Wildman–Crippen LogP) is 5.98. The van der Waals surface area contributed by atoms with Crippen molar-refractivity contribution < 1.29 is 27.1 Å². The number of halogens is 4. The molecular weight excluding hydrogens is 514 g/mol. The van der Waals surface area contributed by atoms with Crippen LogP contribution in [0.1, 0.15) is 25.0 Å². The monoisotopic (exact) mass is 539 g/mol. The van der Waals surface area contributed by atoms with Crippen molar-refractivity contribution in [1.82, 2.24) is 25.1 Å². The normalized spacial score (nSPS) is 12.4. The Morgan fingerprint density at radius 2 is 1.77 bits per heavy atom. The molecule has 0 saturated carbocycles. The maximum Gasteiger partial charge on any atom is 0.420 e. The van der Waals surface area contributed by atoms with Gasteiger partial charge in [-0.25, -0.2) is 9.37 Å². The average Bonchev–Trinajstić information content (AvgIpc) is 3.48. The zero-order valence-corrected chi connectivity index (χ0v) is 21.3. The molecule has 11 heteroatoms. The lowest BCUT2D eigenvalue weighted by molar-refractivity contribution is -0.136. The van der Waals surface area contributed by atoms with Crippen LogP contribution in [0.5, 0.6) is 0 Å². The molecule has 2 heterocycles. The van der Waals surface area contributed by atoms with E-state index in [0.29, 0.717) is 33.6 Å². The third-order valence-electron chi connectivity index (χ3n) is 6.10. The van der Waals surface area contributed by atoms with Crippen LogP contribution in [0.25, 0.3) is 45.1 Å². The van der Waals surface area contributed by atoms with Gasteiger partial charge in [-0.2, -0.15) is 13.2 Å². The summed E-state index contributed by atoms with van der Waals surface area (Å²) in [5, 5.41) is 20.8. The van der Waals surface area contributed by atoms with E-state index in [1.807, 2.05) is 0 Å². The minimum atomic E-state index is -4.66. The Bertz CT molecular complexity index is 1650. The topological polar surface area (TPSA) is 89.0 Å². The molecule has 0 fully saturated rings. The largest absolute Gasteiger partial charge is 0.435 e. The molecule has 5 rings (SSSR count). The summed E-state index contributed by atoms with van der Waals surface area (Å²) in [7, 11) is 1.74. The molecule has 0 aliphatic carbocycles. The number of alkyl halides is 3. The van der Waals surface area contributed by atoms with Gasteiger partial charge in [0.05, 0.1) is 5.60 Å². The maximum absolute atomic E-state index is 14.2. The lowest BCUT2D eigenvalue weighted by atomic mass is 9.97. The molecule has 0 amide bonds. The first-order valence-electron chi connectivity index (χ1n) is 12.1. The lowest BCUT2D eigenvalue weighted by Crippen LogP contribution is -2.34. The van der Waals surface area contributed by atoms with E-state index in [1.54, 1.807) is 55.8 Å². The van der Waals surface area contributed by atoms with Gasteiger partial charge in [0.25, 0.3) is 0 Å². The molecule has 0 saturated heterocycles. The highest BCUT2D eigenvalue weighted by molar-refractivity contribution is 5.84. The standard InChI is InChI=1S/C28H25F4N5O2/c1-27(2,38)14-33-13-16-9-22(28(30,31)32)24-23(10-16)35-26(39-24)18-6-4-5-17(11-18)20-8-7-19(29)12-21(20)25-36-34-15-37(25)3/h4-12,15,33,38H,13-14H2,1-3H3. The Labute approximate surface area is 221 Å². The molecular formula is C28H25F4N5O2. The highest BCUT2D eigenvalue weighted by atomic mass is 19.4. The second-order valence-corrected chi connectivity index (χ2v) is 9.96. The molecule has 7 nitrogen and oxygen atoms in total. The molecule has 39 heavy (non-hydrogen) atoms. The van der Waals surface area contributed by atoms with E-state index in [-0.39, 0.29) is 30.1 Å². The van der Waals surface area contributed by atoms with Crippen LogP contribution < -0.4 is 5.32 Å². The number of aryl methyl sites for hydroxylation is 1. The molecule has 202 valence electrons. The molecule has 5 aromatic rings. The first-order valence-corrected chi connectivity index (χ1v) is 12.1. The van der Waals surface area contributed by atoms with Crippen LogP contribution in [0.2, 0.25) is 0 Å². The number of oxazole rings is 1. The van der Waals surface area contributed by atoms with Crippen molar-refractivity contribution >= 4 is 11.1 Å². The summed E-state index contributed by atoms with van der Waals surface area (Å²) in [6.07, 6.45) is -3.16. The number of fused-ring (bicyclic) bond motifs is 1. The smallest absolute Gasteiger partial charge is 0.420 e. The molecule has 2 aromatic heterocycles. The van der Waals surface area contributed by atoms with Crippen molar-refractivity contribution in [3.05, 3.63) is 77.9 Å². The highest BCUT2D eigenvalue weighted by Gasteiger charge is 2.35. The van der Waals surface area contributed by atoms with Gasteiger partial charge in [-0.1, -0.05) is 18.2 Å². The van der Waals surface area contributed by atoms with Gasteiger partial charge in [0.2, 0.25) is 5.89 Å². The molecule has 2 N–H and O–H groups in total. The fourth-order valence-electron chi connectivity index (χ4n) is 4.34. The van der Waals surface area contributed by atoms with Gasteiger partial charge in [0, 0.05) is 31.3 Å². The van der Waals surface area contributed by atoms with Crippen LogP contribution in [-0.4, -0.2) is 37.0 Å². The molecule has 0 aliphatic heterocycles. The van der Waals surface area contributed by atoms with Gasteiger partial charge in [-0.05, 0) is 66.9 Å². The summed E-state index contributed by atoms with van der Waals surface area (Å²) < 4.78 is 63.4. The second kappa shape index (κ2) is 9.90. The predicted molar refractivity (Wildman–Crippen MR) is 138 cm³/mol. The lowest BCUT2D eigenvalue weighted by Gasteiger charge is -2.18. The molecule has 0 aliphatic rings.